The second-order valence-electron chi connectivity index (χ2n) is 6.56. The third-order valence-electron chi connectivity index (χ3n) is 2.14. The van der Waals surface area contributed by atoms with Crippen LogP contribution in [0, 0.1) is 0 Å². The zero-order valence-corrected chi connectivity index (χ0v) is 13.0. The molecule has 0 atom stereocenters. The van der Waals surface area contributed by atoms with Gasteiger partial charge in [-0.25, -0.2) is 0 Å². The molecule has 0 N–H and O–H groups in total. The van der Waals surface area contributed by atoms with Gasteiger partial charge in [0.15, 0.2) is 0 Å². The number of hydrogen-bond acceptors (Lipinski definition) is 1. The third-order valence-corrected chi connectivity index (χ3v) is 4.57. The Labute approximate surface area is 96.2 Å². The summed E-state index contributed by atoms with van der Waals surface area (Å²) in [4.78, 5) is 0. The molecule has 3 heteroatoms. The molecule has 0 radical (unpaired) electrons. The maximum absolute atomic E-state index is 5.57. The van der Waals surface area contributed by atoms with Crippen molar-refractivity contribution < 1.29 is 4.74 Å². The van der Waals surface area contributed by atoms with Crippen LogP contribution in [0.3, 0.4) is 0 Å². The maximum Gasteiger partial charge on any atom is 0.0717 e. The quantitative estimate of drug-likeness (QED) is 0.670. The van der Waals surface area contributed by atoms with Gasteiger partial charge < -0.3 is 4.74 Å². The molecule has 1 rings (SSSR count). The van der Waals surface area contributed by atoms with Gasteiger partial charge in [0.05, 0.1) is 29.4 Å². The minimum Gasteiger partial charge on any atom is -0.372 e. The molecule has 86 valence electrons. The molecular weight excluding hydrogens is 216 g/mol. The predicted octanol–water partition coefficient (Wildman–Crippen LogP) is 3.62. The second kappa shape index (κ2) is 4.39. The first kappa shape index (κ1) is 12.9. The normalized spacial score (nSPS) is 24.1. The fraction of sp³-hybridized carbons (Fsp3) is 0.667. The first-order valence-electron chi connectivity index (χ1n) is 5.69. The van der Waals surface area contributed by atoms with E-state index in [2.05, 4.69) is 50.7 Å². The van der Waals surface area contributed by atoms with Gasteiger partial charge in [-0.2, -0.15) is 0 Å². The largest absolute Gasteiger partial charge is 0.372 e. The highest BCUT2D eigenvalue weighted by molar-refractivity contribution is 6.82. The van der Waals surface area contributed by atoms with Gasteiger partial charge in [0.25, 0.3) is 0 Å². The van der Waals surface area contributed by atoms with Crippen LogP contribution in [0.4, 0.5) is 0 Å². The Kier molecular flexibility index (Phi) is 3.79. The summed E-state index contributed by atoms with van der Waals surface area (Å²) in [7, 11) is -2.21. The average molecular weight is 240 g/mol. The van der Waals surface area contributed by atoms with Gasteiger partial charge in [-0.15, -0.1) is 0 Å². The van der Waals surface area contributed by atoms with E-state index in [0.717, 1.165) is 13.2 Å². The summed E-state index contributed by atoms with van der Waals surface area (Å²) in [6.07, 6.45) is 0. The molecule has 0 aromatic rings. The van der Waals surface area contributed by atoms with Crippen molar-refractivity contribution in [3.05, 3.63) is 22.5 Å². The third kappa shape index (κ3) is 4.95. The minimum atomic E-state index is -1.11. The summed E-state index contributed by atoms with van der Waals surface area (Å²) in [6.45, 7) is 15.9. The van der Waals surface area contributed by atoms with E-state index in [9.17, 15) is 0 Å². The van der Waals surface area contributed by atoms with Crippen LogP contribution in [0.15, 0.2) is 22.5 Å². The fourth-order valence-corrected chi connectivity index (χ4v) is 4.40. The van der Waals surface area contributed by atoms with Crippen LogP contribution in [0.5, 0.6) is 0 Å². The summed E-state index contributed by atoms with van der Waals surface area (Å²) in [5, 5.41) is 0. The van der Waals surface area contributed by atoms with Crippen LogP contribution in [-0.2, 0) is 4.74 Å². The van der Waals surface area contributed by atoms with E-state index in [1.807, 2.05) is 0 Å². The average Bonchev–Trinajstić information content (AvgIpc) is 2.29. The zero-order chi connectivity index (χ0) is 11.7. The van der Waals surface area contributed by atoms with Gasteiger partial charge in [0, 0.05) is 0 Å². The molecule has 1 saturated heterocycles. The Hall–Kier alpha value is -0.126. The van der Waals surface area contributed by atoms with E-state index < -0.39 is 16.1 Å². The molecule has 0 aromatic heterocycles. The lowest BCUT2D eigenvalue weighted by Gasteiger charge is -2.14. The monoisotopic (exact) mass is 240 g/mol. The lowest BCUT2D eigenvalue weighted by atomic mass is 10.2. The summed E-state index contributed by atoms with van der Waals surface area (Å²) < 4.78 is 5.57. The molecule has 0 unspecified atom stereocenters. The van der Waals surface area contributed by atoms with E-state index in [4.69, 9.17) is 4.74 Å². The van der Waals surface area contributed by atoms with Crippen molar-refractivity contribution in [3.8, 4) is 0 Å². The number of hydrogen-bond donors (Lipinski definition) is 0. The Morgan fingerprint density at radius 2 is 1.13 bits per heavy atom. The fourth-order valence-electron chi connectivity index (χ4n) is 1.77. The van der Waals surface area contributed by atoms with Gasteiger partial charge in [0.2, 0.25) is 0 Å². The van der Waals surface area contributed by atoms with E-state index in [1.165, 1.54) is 11.1 Å². The molecule has 0 saturated carbocycles. The topological polar surface area (TPSA) is 9.23 Å². The van der Waals surface area contributed by atoms with Gasteiger partial charge in [-0.1, -0.05) is 50.7 Å². The molecule has 1 fully saturated rings. The van der Waals surface area contributed by atoms with Gasteiger partial charge in [-0.05, 0) is 11.1 Å². The molecule has 0 spiro atoms. The van der Waals surface area contributed by atoms with Gasteiger partial charge in [0.1, 0.15) is 0 Å². The second-order valence-corrected chi connectivity index (χ2v) is 16.6. The van der Waals surface area contributed by atoms with Crippen LogP contribution in [0.2, 0.25) is 39.3 Å². The molecule has 0 aliphatic carbocycles. The highest BCUT2D eigenvalue weighted by Crippen LogP contribution is 2.23. The number of ether oxygens (including phenoxy) is 1. The van der Waals surface area contributed by atoms with Crippen LogP contribution < -0.4 is 0 Å². The SMILES string of the molecule is C[Si](C)(C)/C=C1\COC\C1=C/[Si](C)(C)C. The molecule has 1 aliphatic rings. The van der Waals surface area contributed by atoms with Crippen molar-refractivity contribution in [2.24, 2.45) is 0 Å². The van der Waals surface area contributed by atoms with Crippen LogP contribution in [0.25, 0.3) is 0 Å². The van der Waals surface area contributed by atoms with E-state index in [1.54, 1.807) is 0 Å². The minimum absolute atomic E-state index is 0.834. The van der Waals surface area contributed by atoms with Crippen LogP contribution in [0.1, 0.15) is 0 Å². The Balaban J connectivity index is 2.92. The van der Waals surface area contributed by atoms with Crippen molar-refractivity contribution in [2.45, 2.75) is 39.3 Å². The molecule has 0 aromatic carbocycles. The summed E-state index contributed by atoms with van der Waals surface area (Å²) in [6, 6.07) is 0. The predicted molar refractivity (Wildman–Crippen MR) is 73.7 cm³/mol. The van der Waals surface area contributed by atoms with Crippen molar-refractivity contribution in [1.29, 1.82) is 0 Å². The van der Waals surface area contributed by atoms with Crippen molar-refractivity contribution >= 4 is 16.1 Å². The van der Waals surface area contributed by atoms with Crippen molar-refractivity contribution in [3.63, 3.8) is 0 Å². The van der Waals surface area contributed by atoms with Crippen molar-refractivity contribution in [2.75, 3.05) is 13.2 Å². The number of rotatable bonds is 2. The first-order chi connectivity index (χ1) is 6.67. The highest BCUT2D eigenvalue weighted by Gasteiger charge is 2.21. The van der Waals surface area contributed by atoms with Crippen molar-refractivity contribution in [1.82, 2.24) is 0 Å². The summed E-state index contributed by atoms with van der Waals surface area (Å²) >= 11 is 0. The molecule has 0 bridgehead atoms. The maximum atomic E-state index is 5.57. The highest BCUT2D eigenvalue weighted by atomic mass is 28.3. The molecule has 1 heterocycles. The lowest BCUT2D eigenvalue weighted by molar-refractivity contribution is 0.215. The standard InChI is InChI=1S/C12H24OSi2/c1-14(2,3)9-11-7-13-8-12(11)10-15(4,5)6/h9-10H,7-8H2,1-6H3/b11-9+,12-10+. The smallest absolute Gasteiger partial charge is 0.0717 e. The van der Waals surface area contributed by atoms with Crippen LogP contribution >= 0.6 is 0 Å². The molecule has 15 heavy (non-hydrogen) atoms. The Morgan fingerprint density at radius 1 is 0.800 bits per heavy atom. The lowest BCUT2D eigenvalue weighted by Crippen LogP contribution is -2.19. The van der Waals surface area contributed by atoms with Gasteiger partial charge >= 0.3 is 0 Å². The van der Waals surface area contributed by atoms with Gasteiger partial charge in [-0.3, -0.25) is 0 Å². The summed E-state index contributed by atoms with van der Waals surface area (Å²) in [5.41, 5.74) is 7.92. The van der Waals surface area contributed by atoms with E-state index >= 15 is 0 Å². The van der Waals surface area contributed by atoms with E-state index in [-0.39, 0.29) is 0 Å². The van der Waals surface area contributed by atoms with E-state index in [0.29, 0.717) is 0 Å². The molecule has 1 nitrogen and oxygen atoms in total. The molecular formula is C12H24OSi2. The molecule has 1 aliphatic heterocycles. The summed E-state index contributed by atoms with van der Waals surface area (Å²) in [5.74, 6) is 0. The zero-order valence-electron chi connectivity index (χ0n) is 11.0. The Morgan fingerprint density at radius 3 is 1.40 bits per heavy atom. The van der Waals surface area contributed by atoms with Crippen LogP contribution in [-0.4, -0.2) is 29.4 Å². The first-order valence-corrected chi connectivity index (χ1v) is 12.8. The Bertz CT molecular complexity index is 260. The molecule has 0 amide bonds.